The number of rotatable bonds is 12. The van der Waals surface area contributed by atoms with Gasteiger partial charge < -0.3 is 29.6 Å². The van der Waals surface area contributed by atoms with Crippen molar-refractivity contribution < 1.29 is 28.5 Å². The van der Waals surface area contributed by atoms with Crippen LogP contribution in [0.15, 0.2) is 65.4 Å². The number of esters is 1. The predicted octanol–water partition coefficient (Wildman–Crippen LogP) is 3.75. The molecule has 0 bridgehead atoms. The number of amides is 1. The quantitative estimate of drug-likeness (QED) is 0.0779. The number of nitrogens with one attached hydrogen (secondary N) is 3. The molecular weight excluding hydrogens is 635 g/mol. The largest absolute Gasteiger partial charge is 0.493 e. The van der Waals surface area contributed by atoms with Crippen LogP contribution >= 0.6 is 34.8 Å². The zero-order valence-corrected chi connectivity index (χ0v) is 24.7. The number of hydrogen-bond acceptors (Lipinski definition) is 8. The Labute approximate surface area is 245 Å². The fraction of sp³-hybridized carbons (Fsp3) is 0.259. The molecule has 2 aromatic rings. The van der Waals surface area contributed by atoms with Crippen molar-refractivity contribution in [2.45, 2.75) is 19.9 Å². The lowest BCUT2D eigenvalue weighted by Crippen LogP contribution is -2.45. The number of allylic oxidation sites excluding steroid dienone is 1. The number of ether oxygens (including phenoxy) is 4. The first-order valence-electron chi connectivity index (χ1n) is 11.9. The van der Waals surface area contributed by atoms with Gasteiger partial charge in [0, 0.05) is 11.3 Å². The zero-order valence-electron chi connectivity index (χ0n) is 21.7. The van der Waals surface area contributed by atoms with E-state index in [9.17, 15) is 9.59 Å². The van der Waals surface area contributed by atoms with E-state index in [-0.39, 0.29) is 13.2 Å². The Morgan fingerprint density at radius 1 is 1.23 bits per heavy atom. The molecule has 0 fully saturated rings. The lowest BCUT2D eigenvalue weighted by Gasteiger charge is -2.30. The van der Waals surface area contributed by atoms with Gasteiger partial charge in [0.05, 0.1) is 35.1 Å². The first kappa shape index (κ1) is 29.9. The number of hydrogen-bond donors (Lipinski definition) is 3. The van der Waals surface area contributed by atoms with Crippen LogP contribution in [0, 0.1) is 3.57 Å². The Balaban J connectivity index is 1.69. The normalized spacial score (nSPS) is 14.8. The van der Waals surface area contributed by atoms with Gasteiger partial charge in [-0.1, -0.05) is 30.9 Å². The van der Waals surface area contributed by atoms with Gasteiger partial charge in [-0.2, -0.15) is 5.10 Å². The van der Waals surface area contributed by atoms with Crippen LogP contribution in [0.25, 0.3) is 0 Å². The summed E-state index contributed by atoms with van der Waals surface area (Å²) in [5, 5.41) is 10.4. The number of carbonyl (C=O) groups is 2. The Kier molecular flexibility index (Phi) is 11.1. The molecule has 0 aliphatic carbocycles. The summed E-state index contributed by atoms with van der Waals surface area (Å²) in [4.78, 5) is 25.2. The van der Waals surface area contributed by atoms with Crippen LogP contribution < -0.4 is 30.3 Å². The molecule has 0 unspecified atom stereocenters. The predicted molar refractivity (Wildman–Crippen MR) is 160 cm³/mol. The minimum atomic E-state index is -0.619. The number of hydrazone groups is 1. The van der Waals surface area contributed by atoms with E-state index in [2.05, 4.69) is 50.3 Å². The van der Waals surface area contributed by atoms with Gasteiger partial charge in [0.1, 0.15) is 12.4 Å². The first-order chi connectivity index (χ1) is 18.8. The van der Waals surface area contributed by atoms with Crippen molar-refractivity contribution in [1.29, 1.82) is 0 Å². The number of carbonyl (C=O) groups excluding carboxylic acids is 2. The van der Waals surface area contributed by atoms with Crippen molar-refractivity contribution in [3.05, 3.63) is 75.0 Å². The van der Waals surface area contributed by atoms with Gasteiger partial charge in [-0.05, 0) is 72.4 Å². The maximum atomic E-state index is 12.7. The molecule has 1 amide bonds. The topological polar surface area (TPSA) is 120 Å². The Morgan fingerprint density at radius 3 is 2.72 bits per heavy atom. The van der Waals surface area contributed by atoms with Gasteiger partial charge in [0.25, 0.3) is 5.91 Å². The second kappa shape index (κ2) is 14.5. The number of para-hydroxylation sites is 1. The maximum absolute atomic E-state index is 12.7. The Morgan fingerprint density at radius 2 is 2.00 bits per heavy atom. The van der Waals surface area contributed by atoms with Crippen LogP contribution in [0.5, 0.6) is 17.2 Å². The average molecular weight is 665 g/mol. The van der Waals surface area contributed by atoms with Gasteiger partial charge in [-0.3, -0.25) is 4.79 Å². The third-order valence-corrected chi connectivity index (χ3v) is 6.37. The minimum absolute atomic E-state index is 0.227. The summed E-state index contributed by atoms with van der Waals surface area (Å²) in [5.41, 5.74) is 4.74. The van der Waals surface area contributed by atoms with E-state index < -0.39 is 17.9 Å². The lowest BCUT2D eigenvalue weighted by atomic mass is 9.95. The summed E-state index contributed by atoms with van der Waals surface area (Å²) in [6.07, 6.45) is 3.14. The Hall–Kier alpha value is -3.65. The standard InChI is InChI=1S/C27H29IN4O6S/c1-5-11-37-25-19(28)12-17(13-21(25)35-4)14-29-32-22(33)15-38-20-10-8-7-9-18(20)24-23(26(34)36-6-2)16(3)30-27(39)31-24/h5,7-10,12-14,24H,1,6,11,15H2,2-4H3,(H,32,33)(H2,30,31,39)/t24-/m1/s1. The monoisotopic (exact) mass is 664 g/mol. The highest BCUT2D eigenvalue weighted by Gasteiger charge is 2.32. The lowest BCUT2D eigenvalue weighted by molar-refractivity contribution is -0.139. The van der Waals surface area contributed by atoms with Gasteiger partial charge in [-0.25, -0.2) is 10.2 Å². The molecule has 1 heterocycles. The van der Waals surface area contributed by atoms with E-state index in [1.807, 2.05) is 6.07 Å². The summed E-state index contributed by atoms with van der Waals surface area (Å²) in [6.45, 7) is 7.40. The summed E-state index contributed by atoms with van der Waals surface area (Å²) < 4.78 is 22.9. The van der Waals surface area contributed by atoms with Gasteiger partial charge in [0.15, 0.2) is 23.2 Å². The van der Waals surface area contributed by atoms with E-state index in [1.165, 1.54) is 6.21 Å². The van der Waals surface area contributed by atoms with E-state index in [1.54, 1.807) is 57.4 Å². The van der Waals surface area contributed by atoms with Crippen LogP contribution in [0.1, 0.15) is 31.0 Å². The molecule has 3 N–H and O–H groups in total. The fourth-order valence-corrected chi connectivity index (χ4v) is 4.76. The smallest absolute Gasteiger partial charge is 0.338 e. The van der Waals surface area contributed by atoms with Crippen molar-refractivity contribution in [1.82, 2.24) is 16.1 Å². The average Bonchev–Trinajstić information content (AvgIpc) is 2.90. The highest BCUT2D eigenvalue weighted by Crippen LogP contribution is 2.34. The molecular formula is C27H29IN4O6S. The highest BCUT2D eigenvalue weighted by atomic mass is 127. The molecule has 0 saturated carbocycles. The summed E-state index contributed by atoms with van der Waals surface area (Å²) in [5.74, 6) is 0.596. The van der Waals surface area contributed by atoms with Gasteiger partial charge in [-0.15, -0.1) is 0 Å². The third-order valence-electron chi connectivity index (χ3n) is 5.35. The van der Waals surface area contributed by atoms with Crippen LogP contribution in [0.4, 0.5) is 0 Å². The van der Waals surface area contributed by atoms with E-state index in [0.717, 1.165) is 3.57 Å². The molecule has 10 nitrogen and oxygen atoms in total. The van der Waals surface area contributed by atoms with Crippen LogP contribution in [0.3, 0.4) is 0 Å². The van der Waals surface area contributed by atoms with E-state index in [0.29, 0.717) is 51.4 Å². The zero-order chi connectivity index (χ0) is 28.4. The third kappa shape index (κ3) is 7.93. The molecule has 206 valence electrons. The summed E-state index contributed by atoms with van der Waals surface area (Å²) in [7, 11) is 1.55. The number of benzene rings is 2. The van der Waals surface area contributed by atoms with Crippen molar-refractivity contribution >= 4 is 58.0 Å². The number of nitrogens with zero attached hydrogens (tertiary/aromatic N) is 1. The van der Waals surface area contributed by atoms with Crippen molar-refractivity contribution in [2.24, 2.45) is 5.10 Å². The second-order valence-corrected chi connectivity index (χ2v) is 9.61. The molecule has 1 aliphatic heterocycles. The Bertz CT molecular complexity index is 1310. The summed E-state index contributed by atoms with van der Waals surface area (Å²) in [6, 6.07) is 10.0. The molecule has 1 atom stereocenters. The molecule has 12 heteroatoms. The van der Waals surface area contributed by atoms with Crippen molar-refractivity contribution in [3.8, 4) is 17.2 Å². The number of thiocarbonyl (C=S) groups is 1. The molecule has 39 heavy (non-hydrogen) atoms. The molecule has 0 radical (unpaired) electrons. The van der Waals surface area contributed by atoms with Crippen molar-refractivity contribution in [3.63, 3.8) is 0 Å². The van der Waals surface area contributed by atoms with Crippen LogP contribution in [-0.4, -0.2) is 50.1 Å². The molecule has 0 aromatic heterocycles. The van der Waals surface area contributed by atoms with Crippen LogP contribution in [-0.2, 0) is 14.3 Å². The molecule has 1 aliphatic rings. The summed E-state index contributed by atoms with van der Waals surface area (Å²) >= 11 is 7.44. The number of methoxy groups -OCH3 is 1. The highest BCUT2D eigenvalue weighted by molar-refractivity contribution is 14.1. The second-order valence-electron chi connectivity index (χ2n) is 8.04. The molecule has 0 saturated heterocycles. The molecule has 2 aromatic carbocycles. The van der Waals surface area contributed by atoms with Crippen LogP contribution in [0.2, 0.25) is 0 Å². The van der Waals surface area contributed by atoms with Gasteiger partial charge in [0.2, 0.25) is 0 Å². The molecule has 0 spiro atoms. The van der Waals surface area contributed by atoms with E-state index in [4.69, 9.17) is 31.2 Å². The number of halogens is 1. The van der Waals surface area contributed by atoms with Gasteiger partial charge >= 0.3 is 5.97 Å². The SMILES string of the molecule is C=CCOc1c(I)cc(C=NNC(=O)COc2ccccc2[C@H]2NC(=S)NC(C)=C2C(=O)OCC)cc1OC. The minimum Gasteiger partial charge on any atom is -0.493 e. The van der Waals surface area contributed by atoms with E-state index >= 15 is 0 Å². The molecule has 3 rings (SSSR count). The first-order valence-corrected chi connectivity index (χ1v) is 13.4. The van der Waals surface area contributed by atoms with Crippen molar-refractivity contribution in [2.75, 3.05) is 26.9 Å². The fourth-order valence-electron chi connectivity index (χ4n) is 3.71. The maximum Gasteiger partial charge on any atom is 0.338 e.